The van der Waals surface area contributed by atoms with Gasteiger partial charge in [0, 0.05) is 43.8 Å². The number of carbonyl (C=O) groups is 1. The van der Waals surface area contributed by atoms with Crippen molar-refractivity contribution in [1.82, 2.24) is 24.8 Å². The fraction of sp³-hybridized carbons (Fsp3) is 0.400. The fourth-order valence-corrected chi connectivity index (χ4v) is 2.59. The number of rotatable bonds is 2. The quantitative estimate of drug-likeness (QED) is 0.837. The molecule has 3 rings (SSSR count). The lowest BCUT2D eigenvalue weighted by Gasteiger charge is -2.32. The van der Waals surface area contributed by atoms with Gasteiger partial charge in [-0.1, -0.05) is 0 Å². The summed E-state index contributed by atoms with van der Waals surface area (Å²) in [6.45, 7) is 3.27. The minimum Gasteiger partial charge on any atom is -0.337 e. The molecule has 108 valence electrons. The molecule has 0 aromatic carbocycles. The predicted molar refractivity (Wildman–Crippen MR) is 76.7 cm³/mol. The average Bonchev–Trinajstić information content (AvgIpc) is 2.56. The number of nitrogens with zero attached hydrogens (tertiary/aromatic N) is 5. The van der Waals surface area contributed by atoms with Gasteiger partial charge in [-0.25, -0.2) is 4.98 Å². The van der Waals surface area contributed by atoms with Gasteiger partial charge in [0.1, 0.15) is 5.69 Å². The summed E-state index contributed by atoms with van der Waals surface area (Å²) in [5.74, 6) is 0.186. The largest absolute Gasteiger partial charge is 0.337 e. The maximum Gasteiger partial charge on any atom is 0.274 e. The molecule has 0 saturated carbocycles. The van der Waals surface area contributed by atoms with E-state index in [1.165, 1.54) is 0 Å². The molecule has 0 bridgehead atoms. The van der Waals surface area contributed by atoms with Crippen LogP contribution in [0.3, 0.4) is 0 Å². The topological polar surface area (TPSA) is 71.9 Å². The summed E-state index contributed by atoms with van der Waals surface area (Å²) < 4.78 is 0. The number of aromatic nitrogens is 4. The molecule has 6 nitrogen and oxygen atoms in total. The number of piperidine rings is 1. The highest BCUT2D eigenvalue weighted by Gasteiger charge is 2.27. The summed E-state index contributed by atoms with van der Waals surface area (Å²) in [4.78, 5) is 31.1. The van der Waals surface area contributed by atoms with Crippen LogP contribution in [0.2, 0.25) is 0 Å². The molecule has 21 heavy (non-hydrogen) atoms. The lowest BCUT2D eigenvalue weighted by atomic mass is 9.95. The first-order valence-corrected chi connectivity index (χ1v) is 7.08. The zero-order valence-corrected chi connectivity index (χ0v) is 11.9. The van der Waals surface area contributed by atoms with Crippen molar-refractivity contribution in [3.05, 3.63) is 48.1 Å². The van der Waals surface area contributed by atoms with E-state index in [0.29, 0.717) is 12.2 Å². The first kappa shape index (κ1) is 13.6. The standard InChI is InChI=1S/C15H17N5O/c1-11-7-19-14(9-18-11)15(21)20-6-2-3-12(10-20)13-8-16-4-5-17-13/h4-5,7-9,12H,2-3,6,10H2,1H3. The third-order valence-electron chi connectivity index (χ3n) is 3.71. The van der Waals surface area contributed by atoms with Gasteiger partial charge in [0.15, 0.2) is 0 Å². The van der Waals surface area contributed by atoms with Gasteiger partial charge in [-0.3, -0.25) is 19.7 Å². The van der Waals surface area contributed by atoms with Gasteiger partial charge in [-0.2, -0.15) is 0 Å². The highest BCUT2D eigenvalue weighted by molar-refractivity contribution is 5.92. The summed E-state index contributed by atoms with van der Waals surface area (Å²) in [7, 11) is 0. The zero-order valence-electron chi connectivity index (χ0n) is 11.9. The van der Waals surface area contributed by atoms with Crippen LogP contribution in [0, 0.1) is 6.92 Å². The first-order valence-electron chi connectivity index (χ1n) is 7.08. The molecule has 1 aliphatic heterocycles. The molecule has 3 heterocycles. The van der Waals surface area contributed by atoms with E-state index >= 15 is 0 Å². The maximum atomic E-state index is 12.5. The fourth-order valence-electron chi connectivity index (χ4n) is 2.59. The van der Waals surface area contributed by atoms with Crippen LogP contribution >= 0.6 is 0 Å². The van der Waals surface area contributed by atoms with E-state index in [1.807, 2.05) is 11.8 Å². The number of aryl methyl sites for hydroxylation is 1. The number of likely N-dealkylation sites (tertiary alicyclic amines) is 1. The third kappa shape index (κ3) is 3.04. The molecule has 1 atom stereocenters. The van der Waals surface area contributed by atoms with Gasteiger partial charge < -0.3 is 4.90 Å². The van der Waals surface area contributed by atoms with Crippen molar-refractivity contribution in [2.75, 3.05) is 13.1 Å². The van der Waals surface area contributed by atoms with Crippen molar-refractivity contribution in [3.63, 3.8) is 0 Å². The molecule has 0 N–H and O–H groups in total. The van der Waals surface area contributed by atoms with Gasteiger partial charge in [0.05, 0.1) is 17.6 Å². The molecule has 1 amide bonds. The monoisotopic (exact) mass is 283 g/mol. The summed E-state index contributed by atoms with van der Waals surface area (Å²) in [5, 5.41) is 0. The second-order valence-electron chi connectivity index (χ2n) is 5.26. The third-order valence-corrected chi connectivity index (χ3v) is 3.71. The highest BCUT2D eigenvalue weighted by Crippen LogP contribution is 2.25. The predicted octanol–water partition coefficient (Wildman–Crippen LogP) is 1.59. The number of hydrogen-bond donors (Lipinski definition) is 0. The summed E-state index contributed by atoms with van der Waals surface area (Å²) in [6.07, 6.45) is 10.3. The Kier molecular flexibility index (Phi) is 3.85. The summed E-state index contributed by atoms with van der Waals surface area (Å²) in [6, 6.07) is 0. The number of amides is 1. The van der Waals surface area contributed by atoms with Crippen LogP contribution in [-0.4, -0.2) is 43.8 Å². The van der Waals surface area contributed by atoms with E-state index in [4.69, 9.17) is 0 Å². The molecule has 1 aliphatic rings. The van der Waals surface area contributed by atoms with Crippen molar-refractivity contribution in [1.29, 1.82) is 0 Å². The molecular weight excluding hydrogens is 266 g/mol. The molecule has 6 heteroatoms. The van der Waals surface area contributed by atoms with Gasteiger partial charge in [0.25, 0.3) is 5.91 Å². The first-order chi connectivity index (χ1) is 10.2. The highest BCUT2D eigenvalue weighted by atomic mass is 16.2. The van der Waals surface area contributed by atoms with Crippen LogP contribution in [-0.2, 0) is 0 Å². The minimum absolute atomic E-state index is 0.0592. The summed E-state index contributed by atoms with van der Waals surface area (Å²) in [5.41, 5.74) is 2.16. The van der Waals surface area contributed by atoms with Crippen molar-refractivity contribution < 1.29 is 4.79 Å². The van der Waals surface area contributed by atoms with Crippen LogP contribution in [0.5, 0.6) is 0 Å². The molecule has 0 radical (unpaired) electrons. The SMILES string of the molecule is Cc1cnc(C(=O)N2CCCC(c3cnccn3)C2)cn1. The smallest absolute Gasteiger partial charge is 0.274 e. The van der Waals surface area contributed by atoms with Crippen LogP contribution in [0.1, 0.15) is 40.6 Å². The Morgan fingerprint density at radius 3 is 2.81 bits per heavy atom. The van der Waals surface area contributed by atoms with E-state index in [1.54, 1.807) is 31.0 Å². The molecule has 1 unspecified atom stereocenters. The number of hydrogen-bond acceptors (Lipinski definition) is 5. The molecule has 0 aliphatic carbocycles. The van der Waals surface area contributed by atoms with Crippen molar-refractivity contribution in [2.45, 2.75) is 25.7 Å². The van der Waals surface area contributed by atoms with E-state index in [-0.39, 0.29) is 11.8 Å². The van der Waals surface area contributed by atoms with Crippen molar-refractivity contribution in [2.24, 2.45) is 0 Å². The average molecular weight is 283 g/mol. The second-order valence-corrected chi connectivity index (χ2v) is 5.26. The molecule has 2 aromatic rings. The van der Waals surface area contributed by atoms with Crippen molar-refractivity contribution >= 4 is 5.91 Å². The molecule has 0 spiro atoms. The minimum atomic E-state index is -0.0592. The Balaban J connectivity index is 1.74. The van der Waals surface area contributed by atoms with E-state index in [2.05, 4.69) is 19.9 Å². The van der Waals surface area contributed by atoms with E-state index < -0.39 is 0 Å². The molecule has 1 fully saturated rings. The Morgan fingerprint density at radius 2 is 2.10 bits per heavy atom. The Morgan fingerprint density at radius 1 is 1.19 bits per heavy atom. The van der Waals surface area contributed by atoms with E-state index in [0.717, 1.165) is 30.8 Å². The van der Waals surface area contributed by atoms with Crippen LogP contribution in [0.25, 0.3) is 0 Å². The molecular formula is C15H17N5O. The van der Waals surface area contributed by atoms with Crippen molar-refractivity contribution in [3.8, 4) is 0 Å². The lowest BCUT2D eigenvalue weighted by molar-refractivity contribution is 0.0699. The Labute approximate surface area is 123 Å². The lowest BCUT2D eigenvalue weighted by Crippen LogP contribution is -2.39. The maximum absolute atomic E-state index is 12.5. The van der Waals surface area contributed by atoms with Crippen LogP contribution < -0.4 is 0 Å². The van der Waals surface area contributed by atoms with Gasteiger partial charge in [-0.05, 0) is 19.8 Å². The van der Waals surface area contributed by atoms with Crippen LogP contribution in [0.4, 0.5) is 0 Å². The zero-order chi connectivity index (χ0) is 14.7. The Hall–Kier alpha value is -2.37. The normalized spacial score (nSPS) is 18.5. The van der Waals surface area contributed by atoms with Gasteiger partial charge in [0.2, 0.25) is 0 Å². The van der Waals surface area contributed by atoms with Gasteiger partial charge >= 0.3 is 0 Å². The second kappa shape index (κ2) is 5.95. The van der Waals surface area contributed by atoms with Crippen LogP contribution in [0.15, 0.2) is 31.0 Å². The van der Waals surface area contributed by atoms with Gasteiger partial charge in [-0.15, -0.1) is 0 Å². The molecule has 1 saturated heterocycles. The number of carbonyl (C=O) groups excluding carboxylic acids is 1. The van der Waals surface area contributed by atoms with E-state index in [9.17, 15) is 4.79 Å². The molecule has 2 aromatic heterocycles. The summed E-state index contributed by atoms with van der Waals surface area (Å²) >= 11 is 0. The Bertz CT molecular complexity index is 614.